The molecule has 0 radical (unpaired) electrons. The van der Waals surface area contributed by atoms with Crippen LogP contribution in [-0.2, 0) is 0 Å². The molecule has 12 nitrogen and oxygen atoms in total. The lowest BCUT2D eigenvalue weighted by Crippen LogP contribution is -2.00. The van der Waals surface area contributed by atoms with Gasteiger partial charge in [0.15, 0.2) is 23.1 Å². The van der Waals surface area contributed by atoms with Crippen molar-refractivity contribution in [1.82, 2.24) is 29.9 Å². The minimum atomic E-state index is 0.621. The van der Waals surface area contributed by atoms with Crippen molar-refractivity contribution in [1.29, 1.82) is 0 Å². The van der Waals surface area contributed by atoms with Crippen LogP contribution in [-0.4, -0.2) is 29.9 Å². The van der Waals surface area contributed by atoms with Crippen LogP contribution >= 0.6 is 11.3 Å². The third-order valence-corrected chi connectivity index (χ3v) is 18.6. The predicted molar refractivity (Wildman–Crippen MR) is 409 cm³/mol. The molecule has 0 spiro atoms. The molecular weight excluding hydrogens is 1250 g/mol. The zero-order valence-electron chi connectivity index (χ0n) is 53.6. The number of nitrogens with one attached hydrogen (secondary N) is 3. The number of thiophene rings is 1. The maximum Gasteiger partial charge on any atom is 0.227 e. The summed E-state index contributed by atoms with van der Waals surface area (Å²) in [6, 6.07) is 114. The summed E-state index contributed by atoms with van der Waals surface area (Å²) in [7, 11) is 0. The minimum Gasteiger partial charge on any atom is -0.443 e. The number of anilines is 6. The van der Waals surface area contributed by atoms with Crippen molar-refractivity contribution in [3.63, 3.8) is 0 Å². The Hall–Kier alpha value is -13.5. The number of oxazole rings is 3. The molecule has 13 heteroatoms. The topological polar surface area (TPSA) is 145 Å². The number of benzene rings is 14. The minimum absolute atomic E-state index is 0.621. The lowest BCUT2D eigenvalue weighted by molar-refractivity contribution is 0.602. The van der Waals surface area contributed by atoms with E-state index in [1.165, 1.54) is 43.3 Å². The van der Waals surface area contributed by atoms with Gasteiger partial charge in [-0.2, -0.15) is 4.80 Å². The molecule has 0 bridgehead atoms. The van der Waals surface area contributed by atoms with Crippen molar-refractivity contribution in [3.05, 3.63) is 340 Å². The van der Waals surface area contributed by atoms with Gasteiger partial charge in [0.1, 0.15) is 27.6 Å². The first-order valence-electron chi connectivity index (χ1n) is 32.8. The van der Waals surface area contributed by atoms with E-state index < -0.39 is 0 Å². The van der Waals surface area contributed by atoms with Gasteiger partial charge in [-0.05, 0) is 208 Å². The van der Waals surface area contributed by atoms with E-state index >= 15 is 0 Å². The van der Waals surface area contributed by atoms with Crippen molar-refractivity contribution in [2.75, 3.05) is 16.0 Å². The Morgan fingerprint density at radius 1 is 0.290 bits per heavy atom. The lowest BCUT2D eigenvalue weighted by atomic mass is 9.98. The largest absolute Gasteiger partial charge is 0.443 e. The van der Waals surface area contributed by atoms with E-state index in [-0.39, 0.29) is 0 Å². The number of rotatable bonds is 13. The fourth-order valence-corrected chi connectivity index (χ4v) is 13.6. The third kappa shape index (κ3) is 12.9. The molecule has 0 amide bonds. The summed E-state index contributed by atoms with van der Waals surface area (Å²) in [5.74, 6) is 1.24. The van der Waals surface area contributed by atoms with Crippen molar-refractivity contribution >= 4 is 110 Å². The molecular formula is C87H59N9O3S. The number of hydrogen-bond donors (Lipinski definition) is 3. The molecule has 100 heavy (non-hydrogen) atoms. The summed E-state index contributed by atoms with van der Waals surface area (Å²) in [5.41, 5.74) is 24.9. The van der Waals surface area contributed by atoms with Crippen molar-refractivity contribution in [2.24, 2.45) is 0 Å². The number of fused-ring (bicyclic) bond motifs is 7. The maximum absolute atomic E-state index is 5.84. The summed E-state index contributed by atoms with van der Waals surface area (Å²) in [5, 5.41) is 22.8. The van der Waals surface area contributed by atoms with Gasteiger partial charge in [-0.25, -0.2) is 15.0 Å². The molecule has 0 aliphatic heterocycles. The zero-order valence-corrected chi connectivity index (χ0v) is 54.5. The van der Waals surface area contributed by atoms with E-state index in [1.54, 1.807) is 4.80 Å². The number of para-hydroxylation sites is 5. The van der Waals surface area contributed by atoms with Crippen LogP contribution in [0.2, 0.25) is 0 Å². The summed E-state index contributed by atoms with van der Waals surface area (Å²) in [6.07, 6.45) is 1.47. The molecule has 19 rings (SSSR count). The Bertz CT molecular complexity index is 5830. The van der Waals surface area contributed by atoms with Crippen LogP contribution in [0, 0.1) is 0 Å². The Morgan fingerprint density at radius 2 is 0.780 bits per heavy atom. The van der Waals surface area contributed by atoms with Crippen molar-refractivity contribution in [2.45, 2.75) is 0 Å². The highest BCUT2D eigenvalue weighted by atomic mass is 32.1. The molecule has 5 heterocycles. The van der Waals surface area contributed by atoms with E-state index in [4.69, 9.17) is 23.4 Å². The van der Waals surface area contributed by atoms with Crippen LogP contribution in [0.1, 0.15) is 0 Å². The average Bonchev–Trinajstić information content (AvgIpc) is 1.60. The zero-order chi connectivity index (χ0) is 66.6. The molecule has 476 valence electrons. The van der Waals surface area contributed by atoms with Crippen molar-refractivity contribution in [3.8, 4) is 73.1 Å². The SMILES string of the molecule is c1ccc(-c2cc(Nc3cccc(-n4nc5ccc(-c6cccc7c6sc6ccccc67)cc5n4)c3)cc(-c3ccccc3)c2)cc1.c1ccc(Nc2ccc(-c3ccc4ncoc4c3)cc2)cc1.c1ccc2oc(-c3ccc(Nc4ccc(-c5nc6ccccc6o5)cc4)cc3)nc2c1. The Labute approximate surface area is 578 Å². The van der Waals surface area contributed by atoms with Gasteiger partial charge in [0.05, 0.1) is 5.69 Å². The quantitative estimate of drug-likeness (QED) is 0.101. The number of nitrogens with zero attached hydrogens (tertiary/aromatic N) is 6. The van der Waals surface area contributed by atoms with E-state index in [2.05, 4.69) is 213 Å². The number of hydrogen-bond acceptors (Lipinski definition) is 12. The summed E-state index contributed by atoms with van der Waals surface area (Å²) in [6.45, 7) is 0. The fourth-order valence-electron chi connectivity index (χ4n) is 12.4. The molecule has 19 aromatic rings. The maximum atomic E-state index is 5.84. The normalized spacial score (nSPS) is 11.2. The van der Waals surface area contributed by atoms with Crippen LogP contribution in [0.25, 0.3) is 138 Å². The molecule has 14 aromatic carbocycles. The Kier molecular flexibility index (Phi) is 16.2. The smallest absolute Gasteiger partial charge is 0.227 e. The number of aromatic nitrogens is 6. The van der Waals surface area contributed by atoms with Gasteiger partial charge in [0.25, 0.3) is 0 Å². The van der Waals surface area contributed by atoms with Crippen LogP contribution in [0.3, 0.4) is 0 Å². The Balaban J connectivity index is 0.000000121. The monoisotopic (exact) mass is 1310 g/mol. The molecule has 0 aliphatic rings. The molecule has 0 saturated heterocycles. The molecule has 5 aromatic heterocycles. The second-order valence-electron chi connectivity index (χ2n) is 24.0. The highest BCUT2D eigenvalue weighted by Gasteiger charge is 2.16. The Morgan fingerprint density at radius 3 is 1.42 bits per heavy atom. The van der Waals surface area contributed by atoms with Gasteiger partial charge in [-0.1, -0.05) is 170 Å². The third-order valence-electron chi connectivity index (χ3n) is 17.4. The van der Waals surface area contributed by atoms with E-state index in [9.17, 15) is 0 Å². The van der Waals surface area contributed by atoms with E-state index in [0.717, 1.165) is 123 Å². The highest BCUT2D eigenvalue weighted by molar-refractivity contribution is 7.26. The van der Waals surface area contributed by atoms with Crippen LogP contribution < -0.4 is 16.0 Å². The van der Waals surface area contributed by atoms with Gasteiger partial charge in [-0.15, -0.1) is 21.5 Å². The summed E-state index contributed by atoms with van der Waals surface area (Å²) < 4.78 is 19.6. The second kappa shape index (κ2) is 27.0. The molecule has 0 unspecified atom stereocenters. The van der Waals surface area contributed by atoms with Crippen LogP contribution in [0.5, 0.6) is 0 Å². The van der Waals surface area contributed by atoms with Crippen LogP contribution in [0.15, 0.2) is 353 Å². The predicted octanol–water partition coefficient (Wildman–Crippen LogP) is 23.8. The van der Waals surface area contributed by atoms with Crippen LogP contribution in [0.4, 0.5) is 34.1 Å². The standard InChI is InChI=1S/C42H28N4S.C26H17N3O2.C19H14N2O/c1-3-11-28(12-4-1)31-23-32(29-13-5-2-6-14-29)25-34(24-31)43-33-15-9-16-35(27-33)46-44-39-22-21-30(26-40(39)45-46)36-18-10-19-38-37-17-7-8-20-41(37)47-42(36)38;1-3-7-23-21(5-1)28-25(30-23)17-9-13-19(14-10-17)27-20-15-11-18(12-16-20)26-29-22-6-2-4-8-24(22)31-26;1-2-4-16(5-3-1)21-17-9-6-14(7-10-17)15-8-11-18-19(12-15)22-13-20-18/h1-27,43H;1-16,27H;1-13,21H. The fraction of sp³-hybridized carbons (Fsp3) is 0. The molecule has 3 N–H and O–H groups in total. The van der Waals surface area contributed by atoms with Gasteiger partial charge >= 0.3 is 0 Å². The first-order valence-corrected chi connectivity index (χ1v) is 33.6. The molecule has 0 atom stereocenters. The molecule has 0 aliphatic carbocycles. The average molecular weight is 1310 g/mol. The molecule has 0 fully saturated rings. The first kappa shape index (κ1) is 60.2. The van der Waals surface area contributed by atoms with Crippen molar-refractivity contribution < 1.29 is 13.3 Å². The van der Waals surface area contributed by atoms with E-state index in [1.807, 2.05) is 163 Å². The van der Waals surface area contributed by atoms with E-state index in [0.29, 0.717) is 11.8 Å². The van der Waals surface area contributed by atoms with Gasteiger partial charge < -0.3 is 29.2 Å². The second-order valence-corrected chi connectivity index (χ2v) is 25.1. The molecule has 0 saturated carbocycles. The lowest BCUT2D eigenvalue weighted by Gasteiger charge is -2.13. The van der Waals surface area contributed by atoms with Gasteiger partial charge in [0.2, 0.25) is 11.8 Å². The van der Waals surface area contributed by atoms with Gasteiger partial charge in [-0.3, -0.25) is 0 Å². The summed E-state index contributed by atoms with van der Waals surface area (Å²) in [4.78, 5) is 15.0. The first-order chi connectivity index (χ1) is 49.4. The highest BCUT2D eigenvalue weighted by Crippen LogP contribution is 2.41. The van der Waals surface area contributed by atoms with Gasteiger partial charge in [0, 0.05) is 65.4 Å². The summed E-state index contributed by atoms with van der Waals surface area (Å²) >= 11 is 1.84.